The van der Waals surface area contributed by atoms with Crippen molar-refractivity contribution in [1.82, 2.24) is 4.98 Å². The second-order valence-electron chi connectivity index (χ2n) is 6.00. The molecule has 1 aromatic heterocycles. The Labute approximate surface area is 165 Å². The highest BCUT2D eigenvalue weighted by Gasteiger charge is 2.11. The standard InChI is InChI=1S/C20H18FN3O3S/c1-12(25)22-19-9-15(6-7-18(19)21)24-20(26)14-4-3-5-17(8-14)27-10-16-11-28-13(2)23-16/h3-9,11H,10H2,1-2H3,(H,22,25)(H,24,26). The van der Waals surface area contributed by atoms with Gasteiger partial charge in [0.2, 0.25) is 5.91 Å². The van der Waals surface area contributed by atoms with Gasteiger partial charge in [0.25, 0.3) is 5.91 Å². The van der Waals surface area contributed by atoms with Gasteiger partial charge >= 0.3 is 0 Å². The Bertz CT molecular complexity index is 1020. The van der Waals surface area contributed by atoms with E-state index in [4.69, 9.17) is 4.74 Å². The molecule has 0 unspecified atom stereocenters. The van der Waals surface area contributed by atoms with Gasteiger partial charge in [-0.1, -0.05) is 6.07 Å². The Morgan fingerprint density at radius 2 is 2.00 bits per heavy atom. The Morgan fingerprint density at radius 1 is 1.18 bits per heavy atom. The lowest BCUT2D eigenvalue weighted by molar-refractivity contribution is -0.114. The first kappa shape index (κ1) is 19.5. The molecule has 6 nitrogen and oxygen atoms in total. The zero-order chi connectivity index (χ0) is 20.1. The highest BCUT2D eigenvalue weighted by molar-refractivity contribution is 7.09. The molecule has 0 aliphatic rings. The molecule has 3 rings (SSSR count). The fourth-order valence-electron chi connectivity index (χ4n) is 2.45. The van der Waals surface area contributed by atoms with Crippen LogP contribution in [0, 0.1) is 12.7 Å². The molecule has 0 atom stereocenters. The van der Waals surface area contributed by atoms with Crippen molar-refractivity contribution >= 4 is 34.5 Å². The molecule has 3 aromatic rings. The van der Waals surface area contributed by atoms with Crippen LogP contribution < -0.4 is 15.4 Å². The number of nitrogens with zero attached hydrogens (tertiary/aromatic N) is 1. The average molecular weight is 399 g/mol. The first-order valence-electron chi connectivity index (χ1n) is 8.43. The highest BCUT2D eigenvalue weighted by Crippen LogP contribution is 2.21. The molecule has 2 N–H and O–H groups in total. The molecule has 28 heavy (non-hydrogen) atoms. The second kappa shape index (κ2) is 8.62. The van der Waals surface area contributed by atoms with E-state index in [1.807, 2.05) is 12.3 Å². The SMILES string of the molecule is CC(=O)Nc1cc(NC(=O)c2cccc(OCc3csc(C)n3)c2)ccc1F. The minimum atomic E-state index is -0.583. The number of aromatic nitrogens is 1. The summed E-state index contributed by atoms with van der Waals surface area (Å²) < 4.78 is 19.4. The maximum absolute atomic E-state index is 13.7. The third-order valence-electron chi connectivity index (χ3n) is 3.68. The van der Waals surface area contributed by atoms with Gasteiger partial charge in [0.05, 0.1) is 16.4 Å². The first-order chi connectivity index (χ1) is 13.4. The van der Waals surface area contributed by atoms with Gasteiger partial charge in [-0.15, -0.1) is 11.3 Å². The fraction of sp³-hybridized carbons (Fsp3) is 0.150. The summed E-state index contributed by atoms with van der Waals surface area (Å²) in [5.41, 5.74) is 1.58. The molecule has 2 aromatic carbocycles. The third kappa shape index (κ3) is 5.14. The molecular formula is C20H18FN3O3S. The normalized spacial score (nSPS) is 10.4. The molecule has 144 valence electrons. The topological polar surface area (TPSA) is 80.3 Å². The van der Waals surface area contributed by atoms with Crippen LogP contribution in [0.25, 0.3) is 0 Å². The number of ether oxygens (including phenoxy) is 1. The van der Waals surface area contributed by atoms with Crippen molar-refractivity contribution in [3.8, 4) is 5.75 Å². The van der Waals surface area contributed by atoms with Crippen molar-refractivity contribution in [2.45, 2.75) is 20.5 Å². The smallest absolute Gasteiger partial charge is 0.255 e. The third-order valence-corrected chi connectivity index (χ3v) is 4.51. The molecule has 8 heteroatoms. The van der Waals surface area contributed by atoms with Gasteiger partial charge in [-0.05, 0) is 43.3 Å². The number of hydrogen-bond acceptors (Lipinski definition) is 5. The predicted octanol–water partition coefficient (Wildman–Crippen LogP) is 4.38. The summed E-state index contributed by atoms with van der Waals surface area (Å²) in [5, 5.41) is 7.95. The fourth-order valence-corrected chi connectivity index (χ4v) is 3.05. The number of nitrogens with one attached hydrogen (secondary N) is 2. The Balaban J connectivity index is 1.68. The summed E-state index contributed by atoms with van der Waals surface area (Å²) in [6, 6.07) is 10.7. The lowest BCUT2D eigenvalue weighted by Gasteiger charge is -2.10. The lowest BCUT2D eigenvalue weighted by Crippen LogP contribution is -2.13. The van der Waals surface area contributed by atoms with E-state index in [0.29, 0.717) is 23.6 Å². The van der Waals surface area contributed by atoms with E-state index in [1.165, 1.54) is 25.1 Å². The van der Waals surface area contributed by atoms with Gasteiger partial charge in [-0.2, -0.15) is 0 Å². The minimum Gasteiger partial charge on any atom is -0.487 e. The average Bonchev–Trinajstić information content (AvgIpc) is 3.08. The van der Waals surface area contributed by atoms with Gasteiger partial charge in [0, 0.05) is 23.6 Å². The zero-order valence-corrected chi connectivity index (χ0v) is 16.1. The van der Waals surface area contributed by atoms with Crippen LogP contribution in [0.15, 0.2) is 47.8 Å². The number of carbonyl (C=O) groups is 2. The monoisotopic (exact) mass is 399 g/mol. The van der Waals surface area contributed by atoms with Gasteiger partial charge < -0.3 is 15.4 Å². The van der Waals surface area contributed by atoms with Crippen LogP contribution in [0.2, 0.25) is 0 Å². The lowest BCUT2D eigenvalue weighted by atomic mass is 10.2. The minimum absolute atomic E-state index is 0.000871. The summed E-state index contributed by atoms with van der Waals surface area (Å²) >= 11 is 1.55. The number of carbonyl (C=O) groups excluding carboxylic acids is 2. The van der Waals surface area contributed by atoms with Crippen LogP contribution in [0.3, 0.4) is 0 Å². The summed E-state index contributed by atoms with van der Waals surface area (Å²) in [4.78, 5) is 28.0. The molecule has 0 spiro atoms. The summed E-state index contributed by atoms with van der Waals surface area (Å²) in [7, 11) is 0. The van der Waals surface area contributed by atoms with E-state index in [1.54, 1.807) is 35.6 Å². The van der Waals surface area contributed by atoms with Crippen LogP contribution in [0.4, 0.5) is 15.8 Å². The molecule has 0 saturated heterocycles. The number of amides is 2. The van der Waals surface area contributed by atoms with E-state index in [-0.39, 0.29) is 11.6 Å². The van der Waals surface area contributed by atoms with Crippen LogP contribution in [0.1, 0.15) is 28.0 Å². The van der Waals surface area contributed by atoms with Crippen molar-refractivity contribution in [1.29, 1.82) is 0 Å². The van der Waals surface area contributed by atoms with Crippen LogP contribution in [0.5, 0.6) is 5.75 Å². The molecule has 0 radical (unpaired) electrons. The summed E-state index contributed by atoms with van der Waals surface area (Å²) in [5.74, 6) is -0.824. The molecule has 0 aliphatic heterocycles. The maximum Gasteiger partial charge on any atom is 0.255 e. The zero-order valence-electron chi connectivity index (χ0n) is 15.3. The number of hydrogen-bond donors (Lipinski definition) is 2. The number of thiazole rings is 1. The van der Waals surface area contributed by atoms with E-state index in [9.17, 15) is 14.0 Å². The van der Waals surface area contributed by atoms with Crippen molar-refractivity contribution in [3.63, 3.8) is 0 Å². The van der Waals surface area contributed by atoms with Gasteiger partial charge in [-0.3, -0.25) is 9.59 Å². The maximum atomic E-state index is 13.7. The Morgan fingerprint density at radius 3 is 2.71 bits per heavy atom. The highest BCUT2D eigenvalue weighted by atomic mass is 32.1. The first-order valence-corrected chi connectivity index (χ1v) is 9.31. The molecule has 0 bridgehead atoms. The van der Waals surface area contributed by atoms with Crippen LogP contribution in [-0.2, 0) is 11.4 Å². The van der Waals surface area contributed by atoms with Crippen molar-refractivity contribution < 1.29 is 18.7 Å². The number of benzene rings is 2. The van der Waals surface area contributed by atoms with Crippen LogP contribution in [-0.4, -0.2) is 16.8 Å². The summed E-state index contributed by atoms with van der Waals surface area (Å²) in [6.07, 6.45) is 0. The van der Waals surface area contributed by atoms with Crippen molar-refractivity contribution in [3.05, 3.63) is 69.9 Å². The molecule has 0 fully saturated rings. The molecule has 1 heterocycles. The second-order valence-corrected chi connectivity index (χ2v) is 7.07. The summed E-state index contributed by atoms with van der Waals surface area (Å²) in [6.45, 7) is 3.52. The van der Waals surface area contributed by atoms with Crippen LogP contribution >= 0.6 is 11.3 Å². The molecule has 0 aliphatic carbocycles. The molecule has 2 amide bonds. The van der Waals surface area contributed by atoms with E-state index in [2.05, 4.69) is 15.6 Å². The van der Waals surface area contributed by atoms with Gasteiger partial charge in [0.1, 0.15) is 18.2 Å². The van der Waals surface area contributed by atoms with E-state index >= 15 is 0 Å². The predicted molar refractivity (Wildman–Crippen MR) is 106 cm³/mol. The number of halogens is 1. The molecular weight excluding hydrogens is 381 g/mol. The van der Waals surface area contributed by atoms with Crippen molar-refractivity contribution in [2.75, 3.05) is 10.6 Å². The quantitative estimate of drug-likeness (QED) is 0.645. The number of aryl methyl sites for hydroxylation is 1. The van der Waals surface area contributed by atoms with E-state index < -0.39 is 11.7 Å². The number of rotatable bonds is 6. The van der Waals surface area contributed by atoms with Gasteiger partial charge in [-0.25, -0.2) is 9.37 Å². The largest absolute Gasteiger partial charge is 0.487 e. The van der Waals surface area contributed by atoms with E-state index in [0.717, 1.165) is 10.7 Å². The Kier molecular flexibility index (Phi) is 6.00. The molecule has 0 saturated carbocycles. The van der Waals surface area contributed by atoms with Crippen molar-refractivity contribution in [2.24, 2.45) is 0 Å². The number of anilines is 2. The Hall–Kier alpha value is -3.26. The van der Waals surface area contributed by atoms with Gasteiger partial charge in [0.15, 0.2) is 0 Å².